The van der Waals surface area contributed by atoms with Crippen molar-refractivity contribution in [2.75, 3.05) is 5.73 Å². The number of carbonyl (C=O) groups is 1. The third-order valence-electron chi connectivity index (χ3n) is 1.37. The van der Waals surface area contributed by atoms with Gasteiger partial charge in [-0.1, -0.05) is 0 Å². The van der Waals surface area contributed by atoms with E-state index in [0.29, 0.717) is 0 Å². The molecule has 1 aromatic carbocycles. The minimum Gasteiger partial charge on any atom is -0.505 e. The Balaban J connectivity index is 3.43. The van der Waals surface area contributed by atoms with Gasteiger partial charge in [-0.05, 0) is 12.1 Å². The van der Waals surface area contributed by atoms with Crippen molar-refractivity contribution in [3.05, 3.63) is 23.5 Å². The highest BCUT2D eigenvalue weighted by atomic mass is 19.1. The van der Waals surface area contributed by atoms with Gasteiger partial charge in [-0.15, -0.1) is 0 Å². The van der Waals surface area contributed by atoms with Gasteiger partial charge in [-0.2, -0.15) is 0 Å². The molecule has 12 heavy (non-hydrogen) atoms. The van der Waals surface area contributed by atoms with Gasteiger partial charge in [0.05, 0.1) is 5.69 Å². The number of carboxylic acid groups (broad SMARTS) is 1. The van der Waals surface area contributed by atoms with Crippen LogP contribution in [0.3, 0.4) is 0 Å². The van der Waals surface area contributed by atoms with Gasteiger partial charge in [0.1, 0.15) is 11.4 Å². The van der Waals surface area contributed by atoms with Crippen LogP contribution in [0.4, 0.5) is 10.1 Å². The van der Waals surface area contributed by atoms with Gasteiger partial charge < -0.3 is 15.9 Å². The average Bonchev–Trinajstić information content (AvgIpc) is 1.97. The lowest BCUT2D eigenvalue weighted by molar-refractivity contribution is 0.0688. The molecule has 1 rings (SSSR count). The summed E-state index contributed by atoms with van der Waals surface area (Å²) < 4.78 is 12.7. The van der Waals surface area contributed by atoms with Gasteiger partial charge in [-0.3, -0.25) is 0 Å². The van der Waals surface area contributed by atoms with E-state index in [1.165, 1.54) is 0 Å². The maximum Gasteiger partial charge on any atom is 0.342 e. The maximum absolute atomic E-state index is 12.7. The molecule has 0 saturated carbocycles. The van der Waals surface area contributed by atoms with E-state index in [1.54, 1.807) is 0 Å². The van der Waals surface area contributed by atoms with Crippen LogP contribution >= 0.6 is 0 Å². The second kappa shape index (κ2) is 2.69. The van der Waals surface area contributed by atoms with Crippen molar-refractivity contribution in [3.63, 3.8) is 0 Å². The fourth-order valence-electron chi connectivity index (χ4n) is 0.786. The Morgan fingerprint density at radius 1 is 1.50 bits per heavy atom. The van der Waals surface area contributed by atoms with Crippen molar-refractivity contribution in [2.45, 2.75) is 0 Å². The molecule has 64 valence electrons. The van der Waals surface area contributed by atoms with Crippen LogP contribution in [0.2, 0.25) is 0 Å². The summed E-state index contributed by atoms with van der Waals surface area (Å²) in [5, 5.41) is 17.4. The first-order chi connectivity index (χ1) is 5.54. The highest BCUT2D eigenvalue weighted by Crippen LogP contribution is 2.26. The molecule has 1 aromatic rings. The summed E-state index contributed by atoms with van der Waals surface area (Å²) in [6.07, 6.45) is 0. The molecule has 5 heteroatoms. The minimum atomic E-state index is -1.54. The fourth-order valence-corrected chi connectivity index (χ4v) is 0.786. The molecule has 0 aliphatic carbocycles. The molecule has 0 spiro atoms. The second-order valence-electron chi connectivity index (χ2n) is 2.17. The molecule has 0 unspecified atom stereocenters. The number of carboxylic acids is 1. The lowest BCUT2D eigenvalue weighted by Gasteiger charge is -2.02. The van der Waals surface area contributed by atoms with Crippen LogP contribution in [-0.4, -0.2) is 16.2 Å². The fraction of sp³-hybridized carbons (Fsp3) is 0. The summed E-state index contributed by atoms with van der Waals surface area (Å²) in [4.78, 5) is 10.3. The molecule has 0 atom stereocenters. The van der Waals surface area contributed by atoms with Crippen molar-refractivity contribution in [3.8, 4) is 5.75 Å². The molecule has 0 amide bonds. The smallest absolute Gasteiger partial charge is 0.342 e. The van der Waals surface area contributed by atoms with Crippen molar-refractivity contribution >= 4 is 11.7 Å². The Hall–Kier alpha value is -1.78. The van der Waals surface area contributed by atoms with Crippen molar-refractivity contribution in [1.82, 2.24) is 0 Å². The van der Waals surface area contributed by atoms with Crippen molar-refractivity contribution in [2.24, 2.45) is 0 Å². The van der Waals surface area contributed by atoms with Crippen LogP contribution in [0.15, 0.2) is 12.1 Å². The predicted octanol–water partition coefficient (Wildman–Crippen LogP) is 0.812. The second-order valence-corrected chi connectivity index (χ2v) is 2.17. The average molecular weight is 171 g/mol. The first-order valence-electron chi connectivity index (χ1n) is 3.04. The van der Waals surface area contributed by atoms with Crippen LogP contribution in [0.25, 0.3) is 0 Å². The van der Waals surface area contributed by atoms with E-state index < -0.39 is 23.1 Å². The van der Waals surface area contributed by atoms with Gasteiger partial charge in [0.15, 0.2) is 5.75 Å². The quantitative estimate of drug-likeness (QED) is 0.431. The number of aromatic carboxylic acids is 1. The molecule has 0 bridgehead atoms. The van der Waals surface area contributed by atoms with Crippen LogP contribution in [0.5, 0.6) is 5.75 Å². The number of aromatic hydroxyl groups is 1. The Morgan fingerprint density at radius 2 is 2.08 bits per heavy atom. The van der Waals surface area contributed by atoms with E-state index in [0.717, 1.165) is 12.1 Å². The zero-order valence-corrected chi connectivity index (χ0v) is 5.91. The Kier molecular flexibility index (Phi) is 1.86. The third kappa shape index (κ3) is 1.16. The largest absolute Gasteiger partial charge is 0.505 e. The van der Waals surface area contributed by atoms with Gasteiger partial charge in [0.2, 0.25) is 0 Å². The number of hydrogen-bond acceptors (Lipinski definition) is 3. The first kappa shape index (κ1) is 8.32. The van der Waals surface area contributed by atoms with Gasteiger partial charge >= 0.3 is 5.97 Å². The molecule has 0 radical (unpaired) electrons. The number of anilines is 1. The summed E-state index contributed by atoms with van der Waals surface area (Å²) >= 11 is 0. The normalized spacial score (nSPS) is 9.75. The zero-order chi connectivity index (χ0) is 9.30. The Bertz CT molecular complexity index is 338. The van der Waals surface area contributed by atoms with E-state index in [4.69, 9.17) is 15.9 Å². The van der Waals surface area contributed by atoms with Crippen LogP contribution in [0.1, 0.15) is 10.4 Å². The van der Waals surface area contributed by atoms with E-state index in [9.17, 15) is 9.18 Å². The first-order valence-corrected chi connectivity index (χ1v) is 3.04. The van der Waals surface area contributed by atoms with Gasteiger partial charge in [0, 0.05) is 0 Å². The summed E-state index contributed by atoms with van der Waals surface area (Å²) in [5.74, 6) is -3.28. The monoisotopic (exact) mass is 171 g/mol. The van der Waals surface area contributed by atoms with E-state index >= 15 is 0 Å². The summed E-state index contributed by atoms with van der Waals surface area (Å²) in [5.41, 5.74) is 4.19. The molecular formula is C7H6FNO3. The number of rotatable bonds is 1. The highest BCUT2D eigenvalue weighted by molar-refractivity contribution is 5.93. The summed E-state index contributed by atoms with van der Waals surface area (Å²) in [7, 11) is 0. The third-order valence-corrected chi connectivity index (χ3v) is 1.37. The molecule has 0 aliphatic heterocycles. The molecule has 0 aromatic heterocycles. The topological polar surface area (TPSA) is 83.6 Å². The Morgan fingerprint density at radius 3 is 2.50 bits per heavy atom. The number of benzene rings is 1. The standard InChI is InChI=1S/C7H6FNO3/c8-3-1-2-4(9)6(10)5(3)7(11)12/h1-2,10H,9H2,(H,11,12). The molecule has 0 fully saturated rings. The number of nitrogens with two attached hydrogens (primary N) is 1. The van der Waals surface area contributed by atoms with E-state index in [1.807, 2.05) is 0 Å². The number of hydrogen-bond donors (Lipinski definition) is 3. The predicted molar refractivity (Wildman–Crippen MR) is 39.4 cm³/mol. The van der Waals surface area contributed by atoms with E-state index in [-0.39, 0.29) is 5.69 Å². The SMILES string of the molecule is Nc1ccc(F)c(C(=O)O)c1O. The van der Waals surface area contributed by atoms with E-state index in [2.05, 4.69) is 0 Å². The highest BCUT2D eigenvalue weighted by Gasteiger charge is 2.17. The van der Waals surface area contributed by atoms with Crippen LogP contribution in [-0.2, 0) is 0 Å². The molecular weight excluding hydrogens is 165 g/mol. The lowest BCUT2D eigenvalue weighted by atomic mass is 10.1. The molecule has 4 nitrogen and oxygen atoms in total. The lowest BCUT2D eigenvalue weighted by Crippen LogP contribution is -2.02. The summed E-state index contributed by atoms with van der Waals surface area (Å²) in [6, 6.07) is 1.98. The van der Waals surface area contributed by atoms with Gasteiger partial charge in [0.25, 0.3) is 0 Å². The molecule has 4 N–H and O–H groups in total. The minimum absolute atomic E-state index is 0.159. The van der Waals surface area contributed by atoms with Crippen molar-refractivity contribution < 1.29 is 19.4 Å². The molecule has 0 heterocycles. The summed E-state index contributed by atoms with van der Waals surface area (Å²) in [6.45, 7) is 0. The number of nitrogen functional groups attached to an aromatic ring is 1. The maximum atomic E-state index is 12.7. The molecule has 0 aliphatic rings. The van der Waals surface area contributed by atoms with Crippen LogP contribution in [0, 0.1) is 5.82 Å². The van der Waals surface area contributed by atoms with Crippen molar-refractivity contribution in [1.29, 1.82) is 0 Å². The van der Waals surface area contributed by atoms with Crippen LogP contribution < -0.4 is 5.73 Å². The molecule has 0 saturated heterocycles. The zero-order valence-electron chi connectivity index (χ0n) is 5.91. The number of halogens is 1. The van der Waals surface area contributed by atoms with Gasteiger partial charge in [-0.25, -0.2) is 9.18 Å². The number of phenols is 1. The Labute approximate surface area is 67.1 Å².